The van der Waals surface area contributed by atoms with Gasteiger partial charge < -0.3 is 15.8 Å². The van der Waals surface area contributed by atoms with E-state index in [-0.39, 0.29) is 12.2 Å². The predicted octanol–water partition coefficient (Wildman–Crippen LogP) is 2.42. The summed E-state index contributed by atoms with van der Waals surface area (Å²) in [5, 5.41) is 11.3. The van der Waals surface area contributed by atoms with Gasteiger partial charge in [0, 0.05) is 13.7 Å². The molecule has 2 aromatic rings. The fraction of sp³-hybridized carbons (Fsp3) is 0.176. The van der Waals surface area contributed by atoms with Crippen molar-refractivity contribution in [3.05, 3.63) is 64.7 Å². The molecule has 5 nitrogen and oxygen atoms in total. The summed E-state index contributed by atoms with van der Waals surface area (Å²) < 4.78 is 32.9. The predicted molar refractivity (Wildman–Crippen MR) is 83.5 cm³/mol. The number of hydrogen-bond acceptors (Lipinski definition) is 4. The molecule has 1 amide bonds. The van der Waals surface area contributed by atoms with Crippen molar-refractivity contribution in [2.45, 2.75) is 12.6 Å². The molecule has 0 aliphatic rings. The highest BCUT2D eigenvalue weighted by atomic mass is 19.1. The maximum Gasteiger partial charge on any atom is 0.254 e. The van der Waals surface area contributed by atoms with Crippen LogP contribution in [0.2, 0.25) is 0 Å². The third kappa shape index (κ3) is 3.67. The van der Waals surface area contributed by atoms with Crippen molar-refractivity contribution >= 4 is 11.6 Å². The standard InChI is InChI=1S/C17H15F2N3O2/c1-24-16(14-12(18)6-7-13(21)15(14)19)17(23)22-9-11-4-2-10(8-20)3-5-11/h2-7,16H,9,21H2,1H3,(H,22,23). The van der Waals surface area contributed by atoms with Gasteiger partial charge in [-0.1, -0.05) is 12.1 Å². The lowest BCUT2D eigenvalue weighted by atomic mass is 10.1. The topological polar surface area (TPSA) is 88.1 Å². The molecule has 7 heteroatoms. The fourth-order valence-corrected chi connectivity index (χ4v) is 2.16. The second-order valence-electron chi connectivity index (χ2n) is 5.01. The smallest absolute Gasteiger partial charge is 0.254 e. The van der Waals surface area contributed by atoms with Crippen LogP contribution in [0.5, 0.6) is 0 Å². The number of nitrogen functional groups attached to an aromatic ring is 1. The van der Waals surface area contributed by atoms with Crippen molar-refractivity contribution in [2.75, 3.05) is 12.8 Å². The summed E-state index contributed by atoms with van der Waals surface area (Å²) in [6.07, 6.45) is -1.47. The third-order valence-corrected chi connectivity index (χ3v) is 3.44. The molecule has 24 heavy (non-hydrogen) atoms. The molecule has 1 unspecified atom stereocenters. The van der Waals surface area contributed by atoms with Crippen molar-refractivity contribution in [3.63, 3.8) is 0 Å². The number of methoxy groups -OCH3 is 1. The number of benzene rings is 2. The van der Waals surface area contributed by atoms with E-state index in [4.69, 9.17) is 15.7 Å². The highest BCUT2D eigenvalue weighted by Gasteiger charge is 2.28. The molecule has 2 rings (SSSR count). The van der Waals surface area contributed by atoms with Gasteiger partial charge in [-0.15, -0.1) is 0 Å². The first-order valence-electron chi connectivity index (χ1n) is 7.00. The lowest BCUT2D eigenvalue weighted by Gasteiger charge is -2.17. The lowest BCUT2D eigenvalue weighted by molar-refractivity contribution is -0.131. The fourth-order valence-electron chi connectivity index (χ4n) is 2.16. The number of nitrogens with two attached hydrogens (primary N) is 1. The average molecular weight is 331 g/mol. The van der Waals surface area contributed by atoms with Crippen LogP contribution >= 0.6 is 0 Å². The second-order valence-corrected chi connectivity index (χ2v) is 5.01. The van der Waals surface area contributed by atoms with E-state index in [0.717, 1.165) is 17.7 Å². The highest BCUT2D eigenvalue weighted by molar-refractivity contribution is 5.82. The van der Waals surface area contributed by atoms with E-state index in [2.05, 4.69) is 5.32 Å². The molecule has 0 spiro atoms. The maximum atomic E-state index is 14.1. The molecule has 0 heterocycles. The quantitative estimate of drug-likeness (QED) is 0.824. The second kappa shape index (κ2) is 7.53. The van der Waals surface area contributed by atoms with Crippen LogP contribution in [0.25, 0.3) is 0 Å². The van der Waals surface area contributed by atoms with E-state index in [0.29, 0.717) is 5.56 Å². The minimum absolute atomic E-state index is 0.121. The molecule has 3 N–H and O–H groups in total. The normalized spacial score (nSPS) is 11.6. The zero-order chi connectivity index (χ0) is 17.7. The van der Waals surface area contributed by atoms with Crippen molar-refractivity contribution in [2.24, 2.45) is 0 Å². The number of amides is 1. The Morgan fingerprint density at radius 1 is 1.29 bits per heavy atom. The van der Waals surface area contributed by atoms with Gasteiger partial charge in [0.1, 0.15) is 5.82 Å². The summed E-state index contributed by atoms with van der Waals surface area (Å²) in [7, 11) is 1.17. The van der Waals surface area contributed by atoms with E-state index >= 15 is 0 Å². The van der Waals surface area contributed by atoms with E-state index in [1.165, 1.54) is 7.11 Å². The number of carbonyl (C=O) groups excluding carboxylic acids is 1. The number of ether oxygens (including phenoxy) is 1. The Morgan fingerprint density at radius 2 is 1.96 bits per heavy atom. The van der Waals surface area contributed by atoms with Gasteiger partial charge in [-0.2, -0.15) is 5.26 Å². The van der Waals surface area contributed by atoms with Gasteiger partial charge in [-0.25, -0.2) is 8.78 Å². The molecule has 2 aromatic carbocycles. The molecule has 0 aliphatic heterocycles. The summed E-state index contributed by atoms with van der Waals surface area (Å²) in [5.41, 5.74) is 5.83. The largest absolute Gasteiger partial charge is 0.396 e. The van der Waals surface area contributed by atoms with Crippen LogP contribution in [0.1, 0.15) is 22.8 Å². The molecule has 0 bridgehead atoms. The number of nitriles is 1. The van der Waals surface area contributed by atoms with Gasteiger partial charge in [0.15, 0.2) is 11.9 Å². The minimum Gasteiger partial charge on any atom is -0.396 e. The van der Waals surface area contributed by atoms with Gasteiger partial charge >= 0.3 is 0 Å². The molecule has 1 atom stereocenters. The molecule has 0 radical (unpaired) electrons. The summed E-state index contributed by atoms with van der Waals surface area (Å²) in [6.45, 7) is 0.121. The van der Waals surface area contributed by atoms with Gasteiger partial charge in [-0.05, 0) is 29.8 Å². The molecule has 0 fully saturated rings. The van der Waals surface area contributed by atoms with E-state index < -0.39 is 29.2 Å². The Morgan fingerprint density at radius 3 is 2.54 bits per heavy atom. The molecule has 0 saturated carbocycles. The molecular formula is C17H15F2N3O2. The van der Waals surface area contributed by atoms with Crippen LogP contribution in [0.15, 0.2) is 36.4 Å². The van der Waals surface area contributed by atoms with Gasteiger partial charge in [-0.3, -0.25) is 4.79 Å². The highest BCUT2D eigenvalue weighted by Crippen LogP contribution is 2.27. The Labute approximate surface area is 137 Å². The summed E-state index contributed by atoms with van der Waals surface area (Å²) in [4.78, 5) is 12.2. The van der Waals surface area contributed by atoms with E-state index in [1.807, 2.05) is 6.07 Å². The number of nitrogens with one attached hydrogen (secondary N) is 1. The van der Waals surface area contributed by atoms with Gasteiger partial charge in [0.2, 0.25) is 0 Å². The van der Waals surface area contributed by atoms with Crippen LogP contribution < -0.4 is 11.1 Å². The summed E-state index contributed by atoms with van der Waals surface area (Å²) in [6, 6.07) is 10.6. The molecule has 0 aliphatic carbocycles. The SMILES string of the molecule is COC(C(=O)NCc1ccc(C#N)cc1)c1c(F)ccc(N)c1F. The van der Waals surface area contributed by atoms with Crippen LogP contribution in [0, 0.1) is 23.0 Å². The van der Waals surface area contributed by atoms with Crippen LogP contribution in [-0.4, -0.2) is 13.0 Å². The monoisotopic (exact) mass is 331 g/mol. The number of nitrogens with zero attached hydrogens (tertiary/aromatic N) is 1. The summed E-state index contributed by atoms with van der Waals surface area (Å²) >= 11 is 0. The molecule has 124 valence electrons. The zero-order valence-corrected chi connectivity index (χ0v) is 12.8. The first-order chi connectivity index (χ1) is 11.5. The third-order valence-electron chi connectivity index (χ3n) is 3.44. The van der Waals surface area contributed by atoms with Crippen LogP contribution in [0.4, 0.5) is 14.5 Å². The lowest BCUT2D eigenvalue weighted by Crippen LogP contribution is -2.31. The number of rotatable bonds is 5. The Balaban J connectivity index is 2.15. The van der Waals surface area contributed by atoms with E-state index in [9.17, 15) is 13.6 Å². The summed E-state index contributed by atoms with van der Waals surface area (Å²) in [5.74, 6) is -2.64. The van der Waals surface area contributed by atoms with Gasteiger partial charge in [0.25, 0.3) is 5.91 Å². The Bertz CT molecular complexity index is 786. The first-order valence-corrected chi connectivity index (χ1v) is 7.00. The Hall–Kier alpha value is -2.98. The van der Waals surface area contributed by atoms with Crippen molar-refractivity contribution in [3.8, 4) is 6.07 Å². The molecule has 0 saturated heterocycles. The molecular weight excluding hydrogens is 316 g/mol. The zero-order valence-electron chi connectivity index (χ0n) is 12.8. The van der Waals surface area contributed by atoms with Gasteiger partial charge in [0.05, 0.1) is 22.9 Å². The number of anilines is 1. The van der Waals surface area contributed by atoms with Crippen LogP contribution in [-0.2, 0) is 16.1 Å². The number of halogens is 2. The molecule has 0 aromatic heterocycles. The van der Waals surface area contributed by atoms with Crippen molar-refractivity contribution < 1.29 is 18.3 Å². The number of carbonyl (C=O) groups is 1. The van der Waals surface area contributed by atoms with E-state index in [1.54, 1.807) is 24.3 Å². The minimum atomic E-state index is -1.47. The first kappa shape index (κ1) is 17.4. The van der Waals surface area contributed by atoms with Crippen molar-refractivity contribution in [1.29, 1.82) is 5.26 Å². The van der Waals surface area contributed by atoms with Crippen molar-refractivity contribution in [1.82, 2.24) is 5.32 Å². The Kier molecular flexibility index (Phi) is 5.45. The van der Waals surface area contributed by atoms with Crippen LogP contribution in [0.3, 0.4) is 0 Å². The maximum absolute atomic E-state index is 14.1. The average Bonchev–Trinajstić information content (AvgIpc) is 2.60. The number of hydrogen-bond donors (Lipinski definition) is 2.